The maximum atomic E-state index is 12.0. The number of nitrogens with one attached hydrogen (secondary N) is 1. The minimum Gasteiger partial charge on any atom is -0.384 e. The molecular weight excluding hydrogens is 254 g/mol. The molecule has 20 heavy (non-hydrogen) atoms. The molecular formula is C15H15N3O2. The molecule has 102 valence electrons. The molecule has 0 bridgehead atoms. The lowest BCUT2D eigenvalue weighted by Crippen LogP contribution is -2.22. The van der Waals surface area contributed by atoms with E-state index in [0.717, 1.165) is 5.56 Å². The van der Waals surface area contributed by atoms with Crippen molar-refractivity contribution in [3.8, 4) is 11.8 Å². The van der Waals surface area contributed by atoms with E-state index in [-0.39, 0.29) is 12.5 Å². The highest BCUT2D eigenvalue weighted by atomic mass is 16.2. The molecule has 0 saturated carbocycles. The van der Waals surface area contributed by atoms with Crippen molar-refractivity contribution < 1.29 is 9.90 Å². The van der Waals surface area contributed by atoms with Gasteiger partial charge < -0.3 is 10.4 Å². The van der Waals surface area contributed by atoms with Crippen molar-refractivity contribution in [3.05, 3.63) is 53.3 Å². The average molecular weight is 269 g/mol. The third kappa shape index (κ3) is 3.70. The van der Waals surface area contributed by atoms with E-state index in [1.54, 1.807) is 35.1 Å². The monoisotopic (exact) mass is 269 g/mol. The number of nitrogens with zero attached hydrogens (tertiary/aromatic N) is 2. The van der Waals surface area contributed by atoms with Crippen LogP contribution in [0, 0.1) is 11.8 Å². The van der Waals surface area contributed by atoms with E-state index in [0.29, 0.717) is 17.7 Å². The predicted molar refractivity (Wildman–Crippen MR) is 74.8 cm³/mol. The number of aromatic nitrogens is 2. The van der Waals surface area contributed by atoms with Gasteiger partial charge in [0, 0.05) is 36.5 Å². The molecule has 0 atom stereocenters. The molecule has 1 aromatic heterocycles. The molecule has 0 aliphatic carbocycles. The molecule has 0 unspecified atom stereocenters. The molecule has 0 fully saturated rings. The standard InChI is InChI=1S/C15H15N3O2/c1-18-11-13(10-17-18)9-16-15(20)14-6-2-4-12(8-14)5-3-7-19/h2,4,6,8,10-11,19H,7,9H2,1H3,(H,16,20). The molecule has 0 aliphatic rings. The summed E-state index contributed by atoms with van der Waals surface area (Å²) in [6.45, 7) is 0.233. The Kier molecular flexibility index (Phi) is 4.53. The maximum absolute atomic E-state index is 12.0. The van der Waals surface area contributed by atoms with Crippen LogP contribution in [0.15, 0.2) is 36.7 Å². The number of carbonyl (C=O) groups is 1. The van der Waals surface area contributed by atoms with Crippen molar-refractivity contribution in [1.82, 2.24) is 15.1 Å². The van der Waals surface area contributed by atoms with Crippen molar-refractivity contribution >= 4 is 5.91 Å². The van der Waals surface area contributed by atoms with Crippen molar-refractivity contribution in [2.75, 3.05) is 6.61 Å². The highest BCUT2D eigenvalue weighted by molar-refractivity contribution is 5.94. The largest absolute Gasteiger partial charge is 0.384 e. The lowest BCUT2D eigenvalue weighted by Gasteiger charge is -2.04. The molecule has 0 saturated heterocycles. The first-order chi connectivity index (χ1) is 9.69. The van der Waals surface area contributed by atoms with Gasteiger partial charge in [0.2, 0.25) is 0 Å². The Morgan fingerprint density at radius 1 is 1.50 bits per heavy atom. The summed E-state index contributed by atoms with van der Waals surface area (Å²) in [6.07, 6.45) is 3.56. The molecule has 5 heteroatoms. The van der Waals surface area contributed by atoms with Gasteiger partial charge in [-0.15, -0.1) is 0 Å². The first-order valence-electron chi connectivity index (χ1n) is 6.14. The summed E-state index contributed by atoms with van der Waals surface area (Å²) in [7, 11) is 1.83. The third-order valence-corrected chi connectivity index (χ3v) is 2.65. The normalized spacial score (nSPS) is 9.70. The van der Waals surface area contributed by atoms with Gasteiger partial charge in [-0.2, -0.15) is 5.10 Å². The Balaban J connectivity index is 2.01. The molecule has 2 N–H and O–H groups in total. The summed E-state index contributed by atoms with van der Waals surface area (Å²) in [5.41, 5.74) is 2.18. The first-order valence-corrected chi connectivity index (χ1v) is 6.14. The van der Waals surface area contributed by atoms with E-state index >= 15 is 0 Å². The zero-order valence-corrected chi connectivity index (χ0v) is 11.1. The Hall–Kier alpha value is -2.58. The molecule has 1 amide bonds. The molecule has 0 spiro atoms. The third-order valence-electron chi connectivity index (χ3n) is 2.65. The Bertz CT molecular complexity index is 665. The van der Waals surface area contributed by atoms with Gasteiger partial charge in [-0.25, -0.2) is 0 Å². The van der Waals surface area contributed by atoms with Crippen molar-refractivity contribution in [1.29, 1.82) is 0 Å². The first kappa shape index (κ1) is 13.8. The van der Waals surface area contributed by atoms with E-state index < -0.39 is 0 Å². The predicted octanol–water partition coefficient (Wildman–Crippen LogP) is 0.694. The van der Waals surface area contributed by atoms with Crippen molar-refractivity contribution in [2.45, 2.75) is 6.54 Å². The quantitative estimate of drug-likeness (QED) is 0.806. The molecule has 2 rings (SSSR count). The summed E-state index contributed by atoms with van der Waals surface area (Å²) in [5, 5.41) is 15.5. The molecule has 0 aliphatic heterocycles. The van der Waals surface area contributed by atoms with Crippen LogP contribution in [0.25, 0.3) is 0 Å². The molecule has 1 aromatic carbocycles. The zero-order valence-electron chi connectivity index (χ0n) is 11.1. The Labute approximate surface area is 117 Å². The highest BCUT2D eigenvalue weighted by Gasteiger charge is 2.06. The number of aryl methyl sites for hydroxylation is 1. The van der Waals surface area contributed by atoms with E-state index in [1.807, 2.05) is 13.2 Å². The summed E-state index contributed by atoms with van der Waals surface area (Å²) in [5.74, 6) is 5.16. The smallest absolute Gasteiger partial charge is 0.251 e. The van der Waals surface area contributed by atoms with Gasteiger partial charge in [0.15, 0.2) is 0 Å². The van der Waals surface area contributed by atoms with E-state index in [1.165, 1.54) is 0 Å². The second-order valence-electron chi connectivity index (χ2n) is 4.25. The van der Waals surface area contributed by atoms with Crippen LogP contribution in [0.5, 0.6) is 0 Å². The van der Waals surface area contributed by atoms with Gasteiger partial charge in [-0.1, -0.05) is 17.9 Å². The van der Waals surface area contributed by atoms with Crippen molar-refractivity contribution in [2.24, 2.45) is 7.05 Å². The van der Waals surface area contributed by atoms with Crippen LogP contribution in [0.2, 0.25) is 0 Å². The fourth-order valence-electron chi connectivity index (χ4n) is 1.73. The van der Waals surface area contributed by atoms with E-state index in [4.69, 9.17) is 5.11 Å². The van der Waals surface area contributed by atoms with Gasteiger partial charge in [0.25, 0.3) is 5.91 Å². The van der Waals surface area contributed by atoms with Crippen LogP contribution in [0.1, 0.15) is 21.5 Å². The van der Waals surface area contributed by atoms with Gasteiger partial charge in [0.1, 0.15) is 6.61 Å². The minimum absolute atomic E-state index is 0.165. The SMILES string of the molecule is Cn1cc(CNC(=O)c2cccc(C#CCO)c2)cn1. The van der Waals surface area contributed by atoms with Crippen molar-refractivity contribution in [3.63, 3.8) is 0 Å². The lowest BCUT2D eigenvalue weighted by atomic mass is 10.1. The van der Waals surface area contributed by atoms with E-state index in [9.17, 15) is 4.79 Å². The van der Waals surface area contributed by atoms with Gasteiger partial charge in [0.05, 0.1) is 6.20 Å². The topological polar surface area (TPSA) is 67.2 Å². The number of amides is 1. The van der Waals surface area contributed by atoms with E-state index in [2.05, 4.69) is 22.3 Å². The number of aliphatic hydroxyl groups is 1. The summed E-state index contributed by atoms with van der Waals surface area (Å²) in [4.78, 5) is 12.0. The van der Waals surface area contributed by atoms with Crippen LogP contribution in [0.4, 0.5) is 0 Å². The Morgan fingerprint density at radius 2 is 2.35 bits per heavy atom. The molecule has 2 aromatic rings. The number of hydrogen-bond acceptors (Lipinski definition) is 3. The fourth-order valence-corrected chi connectivity index (χ4v) is 1.73. The van der Waals surface area contributed by atoms with Crippen LogP contribution in [-0.2, 0) is 13.6 Å². The van der Waals surface area contributed by atoms with Crippen LogP contribution < -0.4 is 5.32 Å². The van der Waals surface area contributed by atoms with Gasteiger partial charge >= 0.3 is 0 Å². The fraction of sp³-hybridized carbons (Fsp3) is 0.200. The number of benzene rings is 1. The Morgan fingerprint density at radius 3 is 3.05 bits per heavy atom. The number of hydrogen-bond donors (Lipinski definition) is 2. The average Bonchev–Trinajstić information content (AvgIpc) is 2.88. The summed E-state index contributed by atoms with van der Waals surface area (Å²) >= 11 is 0. The summed E-state index contributed by atoms with van der Waals surface area (Å²) in [6, 6.07) is 6.98. The second kappa shape index (κ2) is 6.55. The lowest BCUT2D eigenvalue weighted by molar-refractivity contribution is 0.0951. The molecule has 0 radical (unpaired) electrons. The zero-order chi connectivity index (χ0) is 14.4. The van der Waals surface area contributed by atoms with Crippen LogP contribution in [-0.4, -0.2) is 27.4 Å². The molecule has 1 heterocycles. The van der Waals surface area contributed by atoms with Crippen LogP contribution >= 0.6 is 0 Å². The summed E-state index contributed by atoms with van der Waals surface area (Å²) < 4.78 is 1.69. The van der Waals surface area contributed by atoms with Crippen LogP contribution in [0.3, 0.4) is 0 Å². The number of carbonyl (C=O) groups excluding carboxylic acids is 1. The van der Waals surface area contributed by atoms with Gasteiger partial charge in [-0.05, 0) is 18.2 Å². The van der Waals surface area contributed by atoms with Gasteiger partial charge in [-0.3, -0.25) is 9.48 Å². The molecule has 5 nitrogen and oxygen atoms in total. The minimum atomic E-state index is -0.197. The number of rotatable bonds is 3. The maximum Gasteiger partial charge on any atom is 0.251 e. The highest BCUT2D eigenvalue weighted by Crippen LogP contribution is 2.05. The second-order valence-corrected chi connectivity index (χ2v) is 4.25. The number of aliphatic hydroxyl groups excluding tert-OH is 1.